The Morgan fingerprint density at radius 1 is 1.47 bits per heavy atom. The number of amides is 1. The molecule has 0 unspecified atom stereocenters. The topological polar surface area (TPSA) is 84.7 Å². The summed E-state index contributed by atoms with van der Waals surface area (Å²) in [5.41, 5.74) is 5.66. The van der Waals surface area contributed by atoms with Crippen LogP contribution in [0.4, 0.5) is 4.39 Å². The first-order valence-corrected chi connectivity index (χ1v) is 4.67. The maximum absolute atomic E-state index is 12.9. The van der Waals surface area contributed by atoms with Gasteiger partial charge in [0.05, 0.1) is 11.3 Å². The van der Waals surface area contributed by atoms with E-state index in [0.29, 0.717) is 5.69 Å². The van der Waals surface area contributed by atoms with E-state index < -0.39 is 11.7 Å². The van der Waals surface area contributed by atoms with Crippen molar-refractivity contribution in [2.75, 3.05) is 0 Å². The fraction of sp³-hybridized carbons (Fsp3) is 0. The zero-order valence-corrected chi connectivity index (χ0v) is 8.59. The molecule has 0 spiro atoms. The van der Waals surface area contributed by atoms with Crippen LogP contribution in [0.5, 0.6) is 0 Å². The van der Waals surface area contributed by atoms with E-state index in [2.05, 4.69) is 5.10 Å². The summed E-state index contributed by atoms with van der Waals surface area (Å²) in [4.78, 5) is 10.9. The minimum Gasteiger partial charge on any atom is -0.364 e. The number of nitriles is 1. The number of nitrogens with two attached hydrogens (primary N) is 1. The first-order chi connectivity index (χ1) is 8.11. The van der Waals surface area contributed by atoms with Crippen LogP contribution in [0.2, 0.25) is 0 Å². The Hall–Kier alpha value is -2.68. The van der Waals surface area contributed by atoms with Crippen LogP contribution in [-0.2, 0) is 0 Å². The molecule has 0 aliphatic rings. The molecule has 0 fully saturated rings. The lowest BCUT2D eigenvalue weighted by Gasteiger charge is -2.03. The number of halogens is 1. The zero-order valence-electron chi connectivity index (χ0n) is 8.59. The average molecular weight is 230 g/mol. The van der Waals surface area contributed by atoms with E-state index in [1.165, 1.54) is 29.1 Å². The van der Waals surface area contributed by atoms with Gasteiger partial charge in [0.1, 0.15) is 17.6 Å². The van der Waals surface area contributed by atoms with Crippen molar-refractivity contribution in [1.82, 2.24) is 9.78 Å². The van der Waals surface area contributed by atoms with Crippen LogP contribution in [0.15, 0.2) is 30.5 Å². The standard InChI is InChI=1S/C11H7FN4O/c12-8-1-2-10(7(5-8)6-13)16-4-3-9(15-16)11(14)17/h1-5H,(H2,14,17). The Bertz CT molecular complexity index is 627. The Labute approximate surface area is 95.9 Å². The predicted octanol–water partition coefficient (Wildman–Crippen LogP) is 0.982. The minimum atomic E-state index is -0.663. The smallest absolute Gasteiger partial charge is 0.269 e. The highest BCUT2D eigenvalue weighted by Crippen LogP contribution is 2.15. The van der Waals surface area contributed by atoms with Gasteiger partial charge in [0.15, 0.2) is 0 Å². The normalized spacial score (nSPS) is 9.88. The summed E-state index contributed by atoms with van der Waals surface area (Å²) in [6.45, 7) is 0. The predicted molar refractivity (Wildman–Crippen MR) is 56.8 cm³/mol. The van der Waals surface area contributed by atoms with Crippen LogP contribution in [0.25, 0.3) is 5.69 Å². The number of benzene rings is 1. The largest absolute Gasteiger partial charge is 0.364 e. The van der Waals surface area contributed by atoms with Gasteiger partial charge < -0.3 is 5.73 Å². The lowest BCUT2D eigenvalue weighted by molar-refractivity contribution is 0.0995. The van der Waals surface area contributed by atoms with Gasteiger partial charge in [-0.05, 0) is 24.3 Å². The van der Waals surface area contributed by atoms with Gasteiger partial charge in [-0.2, -0.15) is 10.4 Å². The summed E-state index contributed by atoms with van der Waals surface area (Å²) in [5.74, 6) is -1.17. The summed E-state index contributed by atoms with van der Waals surface area (Å²) in [7, 11) is 0. The molecule has 0 saturated carbocycles. The number of aromatic nitrogens is 2. The van der Waals surface area contributed by atoms with Gasteiger partial charge in [-0.25, -0.2) is 9.07 Å². The van der Waals surface area contributed by atoms with E-state index >= 15 is 0 Å². The van der Waals surface area contributed by atoms with Gasteiger partial charge in [0.2, 0.25) is 0 Å². The average Bonchev–Trinajstić information content (AvgIpc) is 2.78. The van der Waals surface area contributed by atoms with Gasteiger partial charge in [-0.15, -0.1) is 0 Å². The van der Waals surface area contributed by atoms with Crippen LogP contribution in [0.1, 0.15) is 16.1 Å². The number of hydrogen-bond acceptors (Lipinski definition) is 3. The molecule has 0 aliphatic carbocycles. The molecule has 2 aromatic rings. The second kappa shape index (κ2) is 4.06. The van der Waals surface area contributed by atoms with E-state index in [1.54, 1.807) is 0 Å². The quantitative estimate of drug-likeness (QED) is 0.834. The van der Waals surface area contributed by atoms with E-state index in [-0.39, 0.29) is 11.3 Å². The number of primary amides is 1. The number of nitrogens with zero attached hydrogens (tertiary/aromatic N) is 3. The molecule has 17 heavy (non-hydrogen) atoms. The first kappa shape index (κ1) is 10.8. The summed E-state index contributed by atoms with van der Waals surface area (Å²) in [5, 5.41) is 12.8. The highest BCUT2D eigenvalue weighted by molar-refractivity contribution is 5.90. The molecule has 1 heterocycles. The lowest BCUT2D eigenvalue weighted by atomic mass is 10.2. The fourth-order valence-corrected chi connectivity index (χ4v) is 1.39. The van der Waals surface area contributed by atoms with Crippen molar-refractivity contribution in [3.8, 4) is 11.8 Å². The third-order valence-electron chi connectivity index (χ3n) is 2.17. The highest BCUT2D eigenvalue weighted by atomic mass is 19.1. The van der Waals surface area contributed by atoms with E-state index in [1.807, 2.05) is 6.07 Å². The van der Waals surface area contributed by atoms with Gasteiger partial charge in [0.25, 0.3) is 5.91 Å². The molecule has 0 bridgehead atoms. The van der Waals surface area contributed by atoms with Crippen molar-refractivity contribution >= 4 is 5.91 Å². The molecule has 0 atom stereocenters. The second-order valence-electron chi connectivity index (χ2n) is 3.28. The molecule has 6 heteroatoms. The molecule has 0 radical (unpaired) electrons. The fourth-order valence-electron chi connectivity index (χ4n) is 1.39. The van der Waals surface area contributed by atoms with Crippen molar-refractivity contribution in [2.24, 2.45) is 5.73 Å². The molecule has 1 aromatic heterocycles. The molecular formula is C11H7FN4O. The van der Waals surface area contributed by atoms with Crippen molar-refractivity contribution in [3.05, 3.63) is 47.5 Å². The number of carbonyl (C=O) groups is 1. The first-order valence-electron chi connectivity index (χ1n) is 4.67. The van der Waals surface area contributed by atoms with Crippen molar-refractivity contribution in [1.29, 1.82) is 5.26 Å². The van der Waals surface area contributed by atoms with Crippen molar-refractivity contribution in [3.63, 3.8) is 0 Å². The molecule has 1 amide bonds. The number of rotatable bonds is 2. The molecule has 1 aromatic carbocycles. The van der Waals surface area contributed by atoms with Crippen molar-refractivity contribution in [2.45, 2.75) is 0 Å². The van der Waals surface area contributed by atoms with E-state index in [0.717, 1.165) is 6.07 Å². The van der Waals surface area contributed by atoms with Crippen LogP contribution in [-0.4, -0.2) is 15.7 Å². The highest BCUT2D eigenvalue weighted by Gasteiger charge is 2.09. The molecular weight excluding hydrogens is 223 g/mol. The molecule has 84 valence electrons. The zero-order chi connectivity index (χ0) is 12.4. The molecule has 5 nitrogen and oxygen atoms in total. The lowest BCUT2D eigenvalue weighted by Crippen LogP contribution is -2.12. The monoisotopic (exact) mass is 230 g/mol. The van der Waals surface area contributed by atoms with Gasteiger partial charge in [-0.1, -0.05) is 0 Å². The Kier molecular flexibility index (Phi) is 2.58. The van der Waals surface area contributed by atoms with Crippen LogP contribution < -0.4 is 5.73 Å². The minimum absolute atomic E-state index is 0.0817. The van der Waals surface area contributed by atoms with Crippen LogP contribution in [0.3, 0.4) is 0 Å². The van der Waals surface area contributed by atoms with Gasteiger partial charge >= 0.3 is 0 Å². The summed E-state index contributed by atoms with van der Waals surface area (Å²) in [6, 6.07) is 7.00. The Morgan fingerprint density at radius 3 is 2.82 bits per heavy atom. The maximum Gasteiger partial charge on any atom is 0.269 e. The summed E-state index contributed by atoms with van der Waals surface area (Å²) in [6.07, 6.45) is 1.48. The maximum atomic E-state index is 12.9. The molecule has 0 aliphatic heterocycles. The van der Waals surface area contributed by atoms with Gasteiger partial charge in [0, 0.05) is 6.20 Å². The SMILES string of the molecule is N#Cc1cc(F)ccc1-n1ccc(C(N)=O)n1. The Morgan fingerprint density at radius 2 is 2.24 bits per heavy atom. The van der Waals surface area contributed by atoms with Gasteiger partial charge in [-0.3, -0.25) is 4.79 Å². The second-order valence-corrected chi connectivity index (χ2v) is 3.28. The van der Waals surface area contributed by atoms with E-state index in [9.17, 15) is 9.18 Å². The van der Waals surface area contributed by atoms with E-state index in [4.69, 9.17) is 11.0 Å². The third kappa shape index (κ3) is 1.99. The Balaban J connectivity index is 2.53. The van der Waals surface area contributed by atoms with Crippen molar-refractivity contribution < 1.29 is 9.18 Å². The third-order valence-corrected chi connectivity index (χ3v) is 2.17. The number of carbonyl (C=O) groups excluding carboxylic acids is 1. The van der Waals surface area contributed by atoms with Crippen LogP contribution in [0, 0.1) is 17.1 Å². The summed E-state index contributed by atoms with van der Waals surface area (Å²) >= 11 is 0. The summed E-state index contributed by atoms with van der Waals surface area (Å²) < 4.78 is 14.2. The van der Waals surface area contributed by atoms with Crippen LogP contribution >= 0.6 is 0 Å². The molecule has 2 rings (SSSR count). The molecule has 0 saturated heterocycles. The number of hydrogen-bond donors (Lipinski definition) is 1. The molecule has 2 N–H and O–H groups in total.